The Morgan fingerprint density at radius 2 is 2.06 bits per heavy atom. The Balaban J connectivity index is 2.84. The van der Waals surface area contributed by atoms with E-state index in [1.807, 2.05) is 24.3 Å². The third kappa shape index (κ3) is 3.46. The molecule has 0 fully saturated rings. The first kappa shape index (κ1) is 12.4. The van der Waals surface area contributed by atoms with Crippen LogP contribution < -0.4 is 0 Å². The first-order valence-electron chi connectivity index (χ1n) is 4.41. The van der Waals surface area contributed by atoms with E-state index in [4.69, 9.17) is 5.53 Å². The molecule has 0 N–H and O–H groups in total. The van der Waals surface area contributed by atoms with Gasteiger partial charge in [0.05, 0.1) is 7.11 Å². The number of halogens is 1. The molecule has 0 amide bonds. The first-order valence-corrected chi connectivity index (χ1v) is 5.20. The number of ether oxygens (including phenoxy) is 1. The molecule has 4 nitrogen and oxygen atoms in total. The van der Waals surface area contributed by atoms with Crippen LogP contribution in [0.5, 0.6) is 0 Å². The summed E-state index contributed by atoms with van der Waals surface area (Å²) in [5.74, 6) is -0.684. The van der Waals surface area contributed by atoms with Crippen LogP contribution in [0.2, 0.25) is 0 Å². The largest absolute Gasteiger partial charge is 0.460 e. The van der Waals surface area contributed by atoms with Crippen LogP contribution in [-0.2, 0) is 9.53 Å². The van der Waals surface area contributed by atoms with Crippen LogP contribution in [0.25, 0.3) is 11.6 Å². The molecule has 0 aromatic heterocycles. The minimum absolute atomic E-state index is 0.148. The second kappa shape index (κ2) is 6.00. The molecule has 1 aromatic carbocycles. The number of rotatable bonds is 3. The van der Waals surface area contributed by atoms with Gasteiger partial charge < -0.3 is 10.3 Å². The number of methoxy groups -OCH3 is 1. The van der Waals surface area contributed by atoms with E-state index >= 15 is 0 Å². The van der Waals surface area contributed by atoms with Gasteiger partial charge in [-0.25, -0.2) is 4.79 Å². The quantitative estimate of drug-likeness (QED) is 0.369. The number of carbonyl (C=O) groups excluding carboxylic acids is 1. The Morgan fingerprint density at radius 1 is 1.44 bits per heavy atom. The van der Waals surface area contributed by atoms with Gasteiger partial charge in [0, 0.05) is 10.5 Å². The molecule has 1 rings (SSSR count). The minimum atomic E-state index is -0.684. The summed E-state index contributed by atoms with van der Waals surface area (Å²) in [5.41, 5.74) is 9.31. The predicted molar refractivity (Wildman–Crippen MR) is 63.8 cm³/mol. The number of benzene rings is 1. The van der Waals surface area contributed by atoms with Crippen molar-refractivity contribution in [3.8, 4) is 0 Å². The highest BCUT2D eigenvalue weighted by Crippen LogP contribution is 2.11. The van der Waals surface area contributed by atoms with Crippen LogP contribution in [-0.4, -0.2) is 23.6 Å². The summed E-state index contributed by atoms with van der Waals surface area (Å²) in [6.45, 7) is 0. The number of nitrogens with zero attached hydrogens (tertiary/aromatic N) is 2. The summed E-state index contributed by atoms with van der Waals surface area (Å²) in [6.07, 6.45) is 3.04. The zero-order chi connectivity index (χ0) is 12.0. The van der Waals surface area contributed by atoms with Gasteiger partial charge in [-0.05, 0) is 23.8 Å². The van der Waals surface area contributed by atoms with E-state index in [1.165, 1.54) is 13.2 Å². The van der Waals surface area contributed by atoms with Crippen LogP contribution in [0.15, 0.2) is 34.8 Å². The molecule has 0 spiro atoms. The third-order valence-corrected chi connectivity index (χ3v) is 2.33. The molecule has 0 aliphatic carbocycles. The standard InChI is InChI=1S/C11H9BrN2O2/c1-16-11(15)10(14-13)7-4-8-2-5-9(12)6-3-8/h2-7H,1H3. The number of hydrogen-bond donors (Lipinski definition) is 0. The zero-order valence-electron chi connectivity index (χ0n) is 8.55. The normalized spacial score (nSPS) is 9.88. The molecule has 5 heteroatoms. The highest BCUT2D eigenvalue weighted by atomic mass is 79.9. The van der Waals surface area contributed by atoms with Gasteiger partial charge in [0.25, 0.3) is 0 Å². The number of hydrogen-bond acceptors (Lipinski definition) is 2. The summed E-state index contributed by atoms with van der Waals surface area (Å²) >= 11 is 3.31. The lowest BCUT2D eigenvalue weighted by Crippen LogP contribution is -2.13. The average Bonchev–Trinajstić information content (AvgIpc) is 2.31. The van der Waals surface area contributed by atoms with Gasteiger partial charge in [-0.1, -0.05) is 28.1 Å². The van der Waals surface area contributed by atoms with Gasteiger partial charge in [-0.15, -0.1) is 0 Å². The summed E-state index contributed by atoms with van der Waals surface area (Å²) in [6, 6.07) is 7.45. The molecule has 0 aliphatic rings. The maximum Gasteiger partial charge on any atom is 0.421 e. The van der Waals surface area contributed by atoms with E-state index in [1.54, 1.807) is 6.08 Å². The van der Waals surface area contributed by atoms with E-state index in [0.29, 0.717) is 0 Å². The van der Waals surface area contributed by atoms with Crippen LogP contribution in [0.1, 0.15) is 5.56 Å². The second-order valence-corrected chi connectivity index (χ2v) is 3.78. The zero-order valence-corrected chi connectivity index (χ0v) is 10.1. The van der Waals surface area contributed by atoms with Crippen LogP contribution in [0, 0.1) is 0 Å². The molecule has 82 valence electrons. The summed E-state index contributed by atoms with van der Waals surface area (Å²) < 4.78 is 5.39. The molecular weight excluding hydrogens is 272 g/mol. The highest BCUT2D eigenvalue weighted by Gasteiger charge is 2.16. The first-order chi connectivity index (χ1) is 7.67. The lowest BCUT2D eigenvalue weighted by Gasteiger charge is -1.92. The smallest absolute Gasteiger partial charge is 0.421 e. The molecule has 0 aliphatic heterocycles. The second-order valence-electron chi connectivity index (χ2n) is 2.86. The third-order valence-electron chi connectivity index (χ3n) is 1.81. The fraction of sp³-hybridized carbons (Fsp3) is 0.0909. The van der Waals surface area contributed by atoms with Gasteiger partial charge in [0.1, 0.15) is 0 Å². The van der Waals surface area contributed by atoms with Gasteiger partial charge in [0.2, 0.25) is 0 Å². The predicted octanol–water partition coefficient (Wildman–Crippen LogP) is 2.31. The molecule has 0 unspecified atom stereocenters. The molecule has 0 saturated carbocycles. The van der Waals surface area contributed by atoms with Crippen molar-refractivity contribution in [2.24, 2.45) is 0 Å². The Morgan fingerprint density at radius 3 is 2.56 bits per heavy atom. The molecule has 1 aromatic rings. The van der Waals surface area contributed by atoms with Gasteiger partial charge in [0.15, 0.2) is 0 Å². The lowest BCUT2D eigenvalue weighted by atomic mass is 10.2. The Bertz CT molecular complexity index is 459. The summed E-state index contributed by atoms with van der Waals surface area (Å²) in [7, 11) is 1.22. The van der Waals surface area contributed by atoms with Crippen LogP contribution in [0.3, 0.4) is 0 Å². The van der Waals surface area contributed by atoms with E-state index < -0.39 is 5.97 Å². The Labute approximate surface area is 101 Å². The molecule has 0 saturated heterocycles. The summed E-state index contributed by atoms with van der Waals surface area (Å²) in [5, 5.41) is 0. The van der Waals surface area contributed by atoms with Crippen molar-refractivity contribution in [3.63, 3.8) is 0 Å². The van der Waals surface area contributed by atoms with Crippen LogP contribution >= 0.6 is 15.9 Å². The topological polar surface area (TPSA) is 62.7 Å². The maximum absolute atomic E-state index is 11.0. The van der Waals surface area contributed by atoms with Gasteiger partial charge in [-0.3, -0.25) is 0 Å². The van der Waals surface area contributed by atoms with E-state index in [0.717, 1.165) is 10.0 Å². The van der Waals surface area contributed by atoms with Gasteiger partial charge in [-0.2, -0.15) is 4.79 Å². The van der Waals surface area contributed by atoms with Crippen LogP contribution in [0.4, 0.5) is 0 Å². The van der Waals surface area contributed by atoms with Crippen molar-refractivity contribution in [1.82, 2.24) is 0 Å². The Hall–Kier alpha value is -1.71. The molecule has 0 atom stereocenters. The molecule has 16 heavy (non-hydrogen) atoms. The molecular formula is C11H9BrN2O2. The maximum atomic E-state index is 11.0. The fourth-order valence-electron chi connectivity index (χ4n) is 0.996. The van der Waals surface area contributed by atoms with Crippen molar-refractivity contribution < 1.29 is 14.3 Å². The number of carbonyl (C=O) groups is 1. The van der Waals surface area contributed by atoms with Crippen molar-refractivity contribution in [2.75, 3.05) is 7.11 Å². The monoisotopic (exact) mass is 280 g/mol. The molecule has 0 heterocycles. The van der Waals surface area contributed by atoms with Gasteiger partial charge >= 0.3 is 11.7 Å². The lowest BCUT2D eigenvalue weighted by molar-refractivity contribution is -0.137. The van der Waals surface area contributed by atoms with Crippen molar-refractivity contribution in [1.29, 1.82) is 0 Å². The average molecular weight is 281 g/mol. The van der Waals surface area contributed by atoms with E-state index in [-0.39, 0.29) is 5.71 Å². The van der Waals surface area contributed by atoms with Crippen molar-refractivity contribution >= 4 is 33.7 Å². The number of esters is 1. The van der Waals surface area contributed by atoms with E-state index in [9.17, 15) is 4.79 Å². The van der Waals surface area contributed by atoms with E-state index in [2.05, 4.69) is 25.5 Å². The molecule has 0 radical (unpaired) electrons. The minimum Gasteiger partial charge on any atom is -0.460 e. The Kier molecular flexibility index (Phi) is 4.64. The summed E-state index contributed by atoms with van der Waals surface area (Å²) in [4.78, 5) is 13.9. The van der Waals surface area contributed by atoms with Crippen molar-refractivity contribution in [3.05, 3.63) is 45.9 Å². The molecule has 0 bridgehead atoms. The SMILES string of the molecule is COC(=O)C(C=Cc1ccc(Br)cc1)=[N+]=[N-]. The highest BCUT2D eigenvalue weighted by molar-refractivity contribution is 9.10. The fourth-order valence-corrected chi connectivity index (χ4v) is 1.26. The van der Waals surface area contributed by atoms with Crippen molar-refractivity contribution in [2.45, 2.75) is 0 Å².